The summed E-state index contributed by atoms with van der Waals surface area (Å²) < 4.78 is 0. The van der Waals surface area contributed by atoms with E-state index >= 15 is 0 Å². The molecule has 0 amide bonds. The lowest BCUT2D eigenvalue weighted by Crippen LogP contribution is -2.08. The maximum absolute atomic E-state index is 11.2. The van der Waals surface area contributed by atoms with Crippen LogP contribution in [0.4, 0.5) is 5.82 Å². The third-order valence-corrected chi connectivity index (χ3v) is 3.62. The number of carboxylic acid groups (broad SMARTS) is 1. The molecule has 6 heteroatoms. The second-order valence-electron chi connectivity index (χ2n) is 4.70. The molecule has 0 spiro atoms. The SMILES string of the molecule is O=C(O)c1ccccc1CNc1nnc(Cl)c2ccccc12. The minimum Gasteiger partial charge on any atom is -0.478 e. The van der Waals surface area contributed by atoms with E-state index in [1.807, 2.05) is 24.3 Å². The van der Waals surface area contributed by atoms with Crippen molar-refractivity contribution < 1.29 is 9.90 Å². The second kappa shape index (κ2) is 5.99. The number of carboxylic acids is 1. The topological polar surface area (TPSA) is 75.1 Å². The summed E-state index contributed by atoms with van der Waals surface area (Å²) in [4.78, 5) is 11.2. The first kappa shape index (κ1) is 14.3. The average molecular weight is 314 g/mol. The first-order valence-electron chi connectivity index (χ1n) is 6.63. The van der Waals surface area contributed by atoms with Crippen LogP contribution in [-0.2, 0) is 6.54 Å². The molecule has 0 aliphatic rings. The molecule has 3 rings (SSSR count). The van der Waals surface area contributed by atoms with Gasteiger partial charge in [0, 0.05) is 17.3 Å². The standard InChI is InChI=1S/C16H12ClN3O2/c17-14-12-7-3-4-8-13(12)15(20-19-14)18-9-10-5-1-2-6-11(10)16(21)22/h1-8H,9H2,(H,18,20)(H,21,22). The summed E-state index contributed by atoms with van der Waals surface area (Å²) in [7, 11) is 0. The van der Waals surface area contributed by atoms with Gasteiger partial charge in [0.1, 0.15) is 0 Å². The van der Waals surface area contributed by atoms with Gasteiger partial charge in [0.05, 0.1) is 5.56 Å². The van der Waals surface area contributed by atoms with Crippen molar-refractivity contribution in [2.45, 2.75) is 6.54 Å². The minimum atomic E-state index is -0.954. The van der Waals surface area contributed by atoms with Crippen molar-refractivity contribution in [1.29, 1.82) is 0 Å². The van der Waals surface area contributed by atoms with Gasteiger partial charge in [0.15, 0.2) is 11.0 Å². The fourth-order valence-electron chi connectivity index (χ4n) is 2.26. The minimum absolute atomic E-state index is 0.265. The number of hydrogen-bond acceptors (Lipinski definition) is 4. The number of benzene rings is 2. The number of aromatic carboxylic acids is 1. The van der Waals surface area contributed by atoms with Crippen LogP contribution in [0.1, 0.15) is 15.9 Å². The number of nitrogens with one attached hydrogen (secondary N) is 1. The monoisotopic (exact) mass is 313 g/mol. The van der Waals surface area contributed by atoms with Crippen molar-refractivity contribution in [2.24, 2.45) is 0 Å². The van der Waals surface area contributed by atoms with Gasteiger partial charge in [-0.1, -0.05) is 54.1 Å². The van der Waals surface area contributed by atoms with Gasteiger partial charge in [-0.3, -0.25) is 0 Å². The summed E-state index contributed by atoms with van der Waals surface area (Å²) in [5.41, 5.74) is 0.942. The molecule has 5 nitrogen and oxygen atoms in total. The Labute approximate surface area is 131 Å². The largest absolute Gasteiger partial charge is 0.478 e. The molecule has 1 heterocycles. The Hall–Kier alpha value is -2.66. The van der Waals surface area contributed by atoms with E-state index in [2.05, 4.69) is 15.5 Å². The van der Waals surface area contributed by atoms with Gasteiger partial charge in [-0.25, -0.2) is 4.79 Å². The van der Waals surface area contributed by atoms with Crippen molar-refractivity contribution in [3.05, 3.63) is 64.8 Å². The van der Waals surface area contributed by atoms with Crippen LogP contribution < -0.4 is 5.32 Å². The van der Waals surface area contributed by atoms with Crippen LogP contribution in [0.2, 0.25) is 5.15 Å². The van der Waals surface area contributed by atoms with Gasteiger partial charge in [0.2, 0.25) is 0 Å². The Morgan fingerprint density at radius 2 is 1.73 bits per heavy atom. The summed E-state index contributed by atoms with van der Waals surface area (Å²) in [5, 5.41) is 22.3. The van der Waals surface area contributed by atoms with Crippen LogP contribution in [-0.4, -0.2) is 21.3 Å². The molecule has 0 aliphatic carbocycles. The number of nitrogens with zero attached hydrogens (tertiary/aromatic N) is 2. The van der Waals surface area contributed by atoms with Crippen LogP contribution in [0.3, 0.4) is 0 Å². The zero-order valence-corrected chi connectivity index (χ0v) is 12.2. The van der Waals surface area contributed by atoms with E-state index in [-0.39, 0.29) is 5.56 Å². The predicted octanol–water partition coefficient (Wildman–Crippen LogP) is 3.59. The molecular formula is C16H12ClN3O2. The molecule has 0 radical (unpaired) electrons. The van der Waals surface area contributed by atoms with E-state index < -0.39 is 5.97 Å². The Balaban J connectivity index is 1.92. The average Bonchev–Trinajstić information content (AvgIpc) is 2.55. The van der Waals surface area contributed by atoms with Crippen molar-refractivity contribution in [2.75, 3.05) is 5.32 Å². The van der Waals surface area contributed by atoms with E-state index in [4.69, 9.17) is 11.6 Å². The van der Waals surface area contributed by atoms with Crippen molar-refractivity contribution in [3.8, 4) is 0 Å². The van der Waals surface area contributed by atoms with Gasteiger partial charge in [-0.2, -0.15) is 0 Å². The smallest absolute Gasteiger partial charge is 0.336 e. The Kier molecular flexibility index (Phi) is 3.89. The summed E-state index contributed by atoms with van der Waals surface area (Å²) in [6.07, 6.45) is 0. The van der Waals surface area contributed by atoms with Crippen LogP contribution in [0.15, 0.2) is 48.5 Å². The van der Waals surface area contributed by atoms with E-state index in [1.165, 1.54) is 0 Å². The van der Waals surface area contributed by atoms with Crippen LogP contribution >= 0.6 is 11.6 Å². The lowest BCUT2D eigenvalue weighted by Gasteiger charge is -2.10. The highest BCUT2D eigenvalue weighted by Gasteiger charge is 2.11. The van der Waals surface area contributed by atoms with Gasteiger partial charge in [-0.05, 0) is 11.6 Å². The quantitative estimate of drug-likeness (QED) is 0.770. The molecule has 0 bridgehead atoms. The van der Waals surface area contributed by atoms with Crippen molar-refractivity contribution >= 4 is 34.2 Å². The first-order valence-corrected chi connectivity index (χ1v) is 7.00. The molecule has 2 aromatic carbocycles. The number of fused-ring (bicyclic) bond motifs is 1. The summed E-state index contributed by atoms with van der Waals surface area (Å²) in [6, 6.07) is 14.4. The fraction of sp³-hybridized carbons (Fsp3) is 0.0625. The fourth-order valence-corrected chi connectivity index (χ4v) is 2.47. The maximum Gasteiger partial charge on any atom is 0.336 e. The normalized spacial score (nSPS) is 10.6. The zero-order valence-electron chi connectivity index (χ0n) is 11.5. The molecule has 0 saturated heterocycles. The molecule has 2 N–H and O–H groups in total. The third-order valence-electron chi connectivity index (χ3n) is 3.34. The number of anilines is 1. The summed E-state index contributed by atoms with van der Waals surface area (Å²) in [6.45, 7) is 0.336. The van der Waals surface area contributed by atoms with Crippen molar-refractivity contribution in [1.82, 2.24) is 10.2 Å². The lowest BCUT2D eigenvalue weighted by atomic mass is 10.1. The zero-order chi connectivity index (χ0) is 15.5. The molecule has 0 aliphatic heterocycles. The van der Waals surface area contributed by atoms with E-state index in [9.17, 15) is 9.90 Å². The highest BCUT2D eigenvalue weighted by molar-refractivity contribution is 6.34. The lowest BCUT2D eigenvalue weighted by molar-refractivity contribution is 0.0696. The van der Waals surface area contributed by atoms with Crippen LogP contribution in [0.25, 0.3) is 10.8 Å². The first-order chi connectivity index (χ1) is 10.7. The molecular weight excluding hydrogens is 302 g/mol. The van der Waals surface area contributed by atoms with Crippen LogP contribution in [0.5, 0.6) is 0 Å². The second-order valence-corrected chi connectivity index (χ2v) is 5.06. The number of hydrogen-bond donors (Lipinski definition) is 2. The molecule has 1 aromatic heterocycles. The molecule has 110 valence electrons. The maximum atomic E-state index is 11.2. The molecule has 0 unspecified atom stereocenters. The Bertz CT molecular complexity index is 852. The summed E-state index contributed by atoms with van der Waals surface area (Å²) in [5.74, 6) is -0.385. The van der Waals surface area contributed by atoms with E-state index in [1.54, 1.807) is 24.3 Å². The number of carbonyl (C=O) groups is 1. The highest BCUT2D eigenvalue weighted by Crippen LogP contribution is 2.26. The van der Waals surface area contributed by atoms with E-state index in [0.717, 1.165) is 10.8 Å². The highest BCUT2D eigenvalue weighted by atomic mass is 35.5. The molecule has 0 fully saturated rings. The predicted molar refractivity (Wildman–Crippen MR) is 85.3 cm³/mol. The number of halogens is 1. The van der Waals surface area contributed by atoms with Gasteiger partial charge < -0.3 is 10.4 Å². The summed E-state index contributed by atoms with van der Waals surface area (Å²) >= 11 is 6.03. The molecule has 22 heavy (non-hydrogen) atoms. The van der Waals surface area contributed by atoms with Gasteiger partial charge in [-0.15, -0.1) is 10.2 Å². The van der Waals surface area contributed by atoms with Crippen LogP contribution in [0, 0.1) is 0 Å². The van der Waals surface area contributed by atoms with E-state index in [0.29, 0.717) is 23.1 Å². The third kappa shape index (κ3) is 2.71. The van der Waals surface area contributed by atoms with Gasteiger partial charge >= 0.3 is 5.97 Å². The van der Waals surface area contributed by atoms with Crippen molar-refractivity contribution in [3.63, 3.8) is 0 Å². The number of rotatable bonds is 4. The van der Waals surface area contributed by atoms with Gasteiger partial charge in [0.25, 0.3) is 0 Å². The molecule has 0 saturated carbocycles. The Morgan fingerprint density at radius 1 is 1.05 bits per heavy atom. The number of aromatic nitrogens is 2. The molecule has 0 atom stereocenters. The molecule has 3 aromatic rings. The Morgan fingerprint density at radius 3 is 2.50 bits per heavy atom.